The number of rotatable bonds is 2. The van der Waals surface area contributed by atoms with Crippen LogP contribution < -0.4 is 11.1 Å². The summed E-state index contributed by atoms with van der Waals surface area (Å²) in [6.45, 7) is 3.95. The Morgan fingerprint density at radius 2 is 1.94 bits per heavy atom. The lowest BCUT2D eigenvalue weighted by Crippen LogP contribution is -2.41. The molecule has 2 rings (SSSR count). The molecule has 0 spiro atoms. The van der Waals surface area contributed by atoms with E-state index in [0.717, 1.165) is 12.8 Å². The summed E-state index contributed by atoms with van der Waals surface area (Å²) in [7, 11) is 0. The molecule has 0 heterocycles. The lowest BCUT2D eigenvalue weighted by atomic mass is 9.81. The van der Waals surface area contributed by atoms with Crippen molar-refractivity contribution in [2.45, 2.75) is 44.7 Å². The standard InChI is InChI=1S/C14H20N2O.ClH/c1-9-7-8-13(16-14(17)10(2)15)12-6-4-3-5-11(9)12;/h3-6,9-10,13H,7-8,15H2,1-2H3,(H,16,17);1H/t9?,10-,13?;/m1./s1. The Bertz CT molecular complexity index is 420. The van der Waals surface area contributed by atoms with Crippen LogP contribution in [0.2, 0.25) is 0 Å². The van der Waals surface area contributed by atoms with Gasteiger partial charge in [0.05, 0.1) is 12.1 Å². The molecule has 0 aromatic heterocycles. The number of halogens is 1. The number of carbonyl (C=O) groups is 1. The highest BCUT2D eigenvalue weighted by Gasteiger charge is 2.25. The van der Waals surface area contributed by atoms with Gasteiger partial charge < -0.3 is 11.1 Å². The van der Waals surface area contributed by atoms with Gasteiger partial charge in [0.15, 0.2) is 0 Å². The third kappa shape index (κ3) is 3.03. The molecular weight excluding hydrogens is 248 g/mol. The number of amides is 1. The first-order chi connectivity index (χ1) is 8.09. The van der Waals surface area contributed by atoms with Gasteiger partial charge in [0.1, 0.15) is 0 Å². The van der Waals surface area contributed by atoms with E-state index in [2.05, 4.69) is 30.4 Å². The molecule has 0 fully saturated rings. The molecule has 100 valence electrons. The van der Waals surface area contributed by atoms with E-state index >= 15 is 0 Å². The second kappa shape index (κ2) is 6.21. The number of carbonyl (C=O) groups excluding carboxylic acids is 1. The molecule has 18 heavy (non-hydrogen) atoms. The summed E-state index contributed by atoms with van der Waals surface area (Å²) in [6, 6.07) is 8.04. The van der Waals surface area contributed by atoms with Crippen LogP contribution in [0.4, 0.5) is 0 Å². The molecule has 1 amide bonds. The Labute approximate surface area is 115 Å². The highest BCUT2D eigenvalue weighted by molar-refractivity contribution is 5.85. The quantitative estimate of drug-likeness (QED) is 0.866. The number of fused-ring (bicyclic) bond motifs is 1. The third-order valence-electron chi connectivity index (χ3n) is 3.52. The fourth-order valence-corrected chi connectivity index (χ4v) is 2.46. The molecule has 1 aromatic rings. The lowest BCUT2D eigenvalue weighted by Gasteiger charge is -2.30. The molecule has 0 radical (unpaired) electrons. The molecule has 3 N–H and O–H groups in total. The van der Waals surface area contributed by atoms with Crippen LogP contribution in [0.15, 0.2) is 24.3 Å². The first kappa shape index (κ1) is 15.0. The molecule has 1 aromatic carbocycles. The van der Waals surface area contributed by atoms with Crippen molar-refractivity contribution in [3.05, 3.63) is 35.4 Å². The van der Waals surface area contributed by atoms with E-state index in [1.807, 2.05) is 6.07 Å². The Kier molecular flexibility index (Phi) is 5.17. The monoisotopic (exact) mass is 268 g/mol. The van der Waals surface area contributed by atoms with E-state index in [0.29, 0.717) is 5.92 Å². The molecule has 4 heteroatoms. The summed E-state index contributed by atoms with van der Waals surface area (Å²) in [4.78, 5) is 11.7. The number of hydrogen-bond acceptors (Lipinski definition) is 2. The minimum Gasteiger partial charge on any atom is -0.348 e. The van der Waals surface area contributed by atoms with Gasteiger partial charge in [-0.05, 0) is 36.8 Å². The van der Waals surface area contributed by atoms with Crippen LogP contribution >= 0.6 is 12.4 Å². The minimum absolute atomic E-state index is 0. The van der Waals surface area contributed by atoms with Gasteiger partial charge >= 0.3 is 0 Å². The van der Waals surface area contributed by atoms with Crippen molar-refractivity contribution in [2.75, 3.05) is 0 Å². The van der Waals surface area contributed by atoms with Crippen LogP contribution in [0, 0.1) is 0 Å². The maximum absolute atomic E-state index is 11.7. The maximum Gasteiger partial charge on any atom is 0.237 e. The van der Waals surface area contributed by atoms with Crippen molar-refractivity contribution < 1.29 is 4.79 Å². The number of nitrogens with two attached hydrogens (primary N) is 1. The molecule has 2 unspecified atom stereocenters. The van der Waals surface area contributed by atoms with Crippen molar-refractivity contribution in [1.82, 2.24) is 5.32 Å². The van der Waals surface area contributed by atoms with Gasteiger partial charge in [0.2, 0.25) is 5.91 Å². The van der Waals surface area contributed by atoms with Crippen molar-refractivity contribution in [3.63, 3.8) is 0 Å². The van der Waals surface area contributed by atoms with E-state index in [4.69, 9.17) is 5.73 Å². The first-order valence-corrected chi connectivity index (χ1v) is 6.24. The van der Waals surface area contributed by atoms with Crippen LogP contribution in [0.1, 0.15) is 49.8 Å². The summed E-state index contributed by atoms with van der Waals surface area (Å²) in [6.07, 6.45) is 2.11. The summed E-state index contributed by atoms with van der Waals surface area (Å²) < 4.78 is 0. The van der Waals surface area contributed by atoms with Gasteiger partial charge in [0.25, 0.3) is 0 Å². The van der Waals surface area contributed by atoms with E-state index < -0.39 is 6.04 Å². The summed E-state index contributed by atoms with van der Waals surface area (Å²) in [5.41, 5.74) is 8.19. The van der Waals surface area contributed by atoms with Crippen LogP contribution in [0.25, 0.3) is 0 Å². The highest BCUT2D eigenvalue weighted by atomic mass is 35.5. The van der Waals surface area contributed by atoms with Gasteiger partial charge in [-0.25, -0.2) is 0 Å². The molecule has 3 nitrogen and oxygen atoms in total. The molecule has 0 bridgehead atoms. The fraction of sp³-hybridized carbons (Fsp3) is 0.500. The fourth-order valence-electron chi connectivity index (χ4n) is 2.46. The van der Waals surface area contributed by atoms with Crippen LogP contribution in [0.3, 0.4) is 0 Å². The Balaban J connectivity index is 0.00000162. The molecule has 0 saturated carbocycles. The van der Waals surface area contributed by atoms with Crippen molar-refractivity contribution in [2.24, 2.45) is 5.73 Å². The van der Waals surface area contributed by atoms with Crippen molar-refractivity contribution >= 4 is 18.3 Å². The molecule has 1 aliphatic rings. The van der Waals surface area contributed by atoms with Gasteiger partial charge in [-0.3, -0.25) is 4.79 Å². The Hall–Kier alpha value is -1.06. The second-order valence-electron chi connectivity index (χ2n) is 4.96. The normalized spacial score (nSPS) is 23.5. The van der Waals surface area contributed by atoms with Crippen molar-refractivity contribution in [3.8, 4) is 0 Å². The zero-order chi connectivity index (χ0) is 12.4. The number of nitrogens with one attached hydrogen (secondary N) is 1. The smallest absolute Gasteiger partial charge is 0.237 e. The van der Waals surface area contributed by atoms with Gasteiger partial charge in [0, 0.05) is 0 Å². The number of hydrogen-bond donors (Lipinski definition) is 2. The van der Waals surface area contributed by atoms with Gasteiger partial charge in [-0.15, -0.1) is 12.4 Å². The van der Waals surface area contributed by atoms with Crippen LogP contribution in [-0.2, 0) is 4.79 Å². The number of benzene rings is 1. The zero-order valence-electron chi connectivity index (χ0n) is 10.8. The second-order valence-corrected chi connectivity index (χ2v) is 4.96. The van der Waals surface area contributed by atoms with Crippen molar-refractivity contribution in [1.29, 1.82) is 0 Å². The average Bonchev–Trinajstić information content (AvgIpc) is 2.33. The highest BCUT2D eigenvalue weighted by Crippen LogP contribution is 2.36. The van der Waals surface area contributed by atoms with Gasteiger partial charge in [-0.2, -0.15) is 0 Å². The molecule has 3 atom stereocenters. The predicted octanol–water partition coefficient (Wildman–Crippen LogP) is 2.51. The van der Waals surface area contributed by atoms with Gasteiger partial charge in [-0.1, -0.05) is 31.2 Å². The summed E-state index contributed by atoms with van der Waals surface area (Å²) >= 11 is 0. The largest absolute Gasteiger partial charge is 0.348 e. The molecular formula is C14H21ClN2O. The average molecular weight is 269 g/mol. The van der Waals surface area contributed by atoms with Crippen LogP contribution in [-0.4, -0.2) is 11.9 Å². The van der Waals surface area contributed by atoms with E-state index in [1.54, 1.807) is 6.92 Å². The minimum atomic E-state index is -0.443. The Morgan fingerprint density at radius 3 is 2.56 bits per heavy atom. The zero-order valence-corrected chi connectivity index (χ0v) is 11.7. The van der Waals surface area contributed by atoms with E-state index in [9.17, 15) is 4.79 Å². The molecule has 0 saturated heterocycles. The Morgan fingerprint density at radius 1 is 1.33 bits per heavy atom. The summed E-state index contributed by atoms with van der Waals surface area (Å²) in [5, 5.41) is 3.03. The summed E-state index contributed by atoms with van der Waals surface area (Å²) in [5.74, 6) is 0.508. The first-order valence-electron chi connectivity index (χ1n) is 6.24. The SMILES string of the molecule is CC1CCC(NC(=O)[C@@H](C)N)c2ccccc21.Cl. The van der Waals surface area contributed by atoms with E-state index in [-0.39, 0.29) is 24.4 Å². The molecule has 1 aliphatic carbocycles. The third-order valence-corrected chi connectivity index (χ3v) is 3.52. The molecule has 0 aliphatic heterocycles. The lowest BCUT2D eigenvalue weighted by molar-refractivity contribution is -0.122. The van der Waals surface area contributed by atoms with Crippen LogP contribution in [0.5, 0.6) is 0 Å². The predicted molar refractivity (Wildman–Crippen MR) is 75.9 cm³/mol. The topological polar surface area (TPSA) is 55.1 Å². The van der Waals surface area contributed by atoms with E-state index in [1.165, 1.54) is 11.1 Å². The maximum atomic E-state index is 11.7.